The van der Waals surface area contributed by atoms with Gasteiger partial charge in [0.15, 0.2) is 0 Å². The van der Waals surface area contributed by atoms with Gasteiger partial charge in [0.2, 0.25) is 0 Å². The highest BCUT2D eigenvalue weighted by Gasteiger charge is 1.92. The Morgan fingerprint density at radius 3 is 2.88 bits per heavy atom. The van der Waals surface area contributed by atoms with Crippen LogP contribution in [0.1, 0.15) is 18.9 Å². The first-order valence-electron chi connectivity index (χ1n) is 5.71. The van der Waals surface area contributed by atoms with E-state index in [-0.39, 0.29) is 0 Å². The summed E-state index contributed by atoms with van der Waals surface area (Å²) in [7, 11) is 0. The number of ether oxygens (including phenoxy) is 1. The van der Waals surface area contributed by atoms with Crippen molar-refractivity contribution in [1.29, 1.82) is 0 Å². The normalized spacial score (nSPS) is 10.1. The van der Waals surface area contributed by atoms with E-state index in [2.05, 4.69) is 43.1 Å². The van der Waals surface area contributed by atoms with Gasteiger partial charge in [-0.3, -0.25) is 0 Å². The van der Waals surface area contributed by atoms with Crippen LogP contribution >= 0.6 is 0 Å². The summed E-state index contributed by atoms with van der Waals surface area (Å²) in [6.07, 6.45) is 0.949. The second kappa shape index (κ2) is 7.07. The Kier molecular flexibility index (Phi) is 5.65. The highest BCUT2D eigenvalue weighted by Crippen LogP contribution is 2.08. The third kappa shape index (κ3) is 5.56. The van der Waals surface area contributed by atoms with Crippen LogP contribution in [0.15, 0.2) is 36.4 Å². The van der Waals surface area contributed by atoms with Gasteiger partial charge in [-0.1, -0.05) is 17.7 Å². The first kappa shape index (κ1) is 12.8. The van der Waals surface area contributed by atoms with Crippen LogP contribution in [-0.2, 0) is 4.74 Å². The van der Waals surface area contributed by atoms with E-state index in [9.17, 15) is 0 Å². The van der Waals surface area contributed by atoms with Crippen molar-refractivity contribution >= 4 is 5.69 Å². The molecule has 0 bridgehead atoms. The van der Waals surface area contributed by atoms with Gasteiger partial charge >= 0.3 is 0 Å². The lowest BCUT2D eigenvalue weighted by atomic mass is 10.2. The molecule has 0 atom stereocenters. The van der Waals surface area contributed by atoms with Crippen molar-refractivity contribution in [3.8, 4) is 0 Å². The summed E-state index contributed by atoms with van der Waals surface area (Å²) in [5, 5.41) is 3.33. The van der Waals surface area contributed by atoms with E-state index in [1.165, 1.54) is 11.1 Å². The van der Waals surface area contributed by atoms with Crippen molar-refractivity contribution in [3.05, 3.63) is 42.0 Å². The van der Waals surface area contributed by atoms with Gasteiger partial charge in [-0.2, -0.15) is 0 Å². The van der Waals surface area contributed by atoms with Crippen molar-refractivity contribution < 1.29 is 4.74 Å². The lowest BCUT2D eigenvalue weighted by Gasteiger charge is -2.07. The fourth-order valence-electron chi connectivity index (χ4n) is 1.37. The van der Waals surface area contributed by atoms with Crippen molar-refractivity contribution in [2.45, 2.75) is 20.3 Å². The summed E-state index contributed by atoms with van der Waals surface area (Å²) in [6.45, 7) is 10.3. The molecule has 16 heavy (non-hydrogen) atoms. The Bertz CT molecular complexity index is 333. The number of rotatable bonds is 7. The van der Waals surface area contributed by atoms with Crippen molar-refractivity contribution in [1.82, 2.24) is 0 Å². The molecular weight excluding hydrogens is 198 g/mol. The molecule has 0 fully saturated rings. The summed E-state index contributed by atoms with van der Waals surface area (Å²) < 4.78 is 5.47. The molecule has 2 nitrogen and oxygen atoms in total. The summed E-state index contributed by atoms with van der Waals surface area (Å²) in [4.78, 5) is 0. The minimum atomic E-state index is 0.737. The fourth-order valence-corrected chi connectivity index (χ4v) is 1.37. The van der Waals surface area contributed by atoms with E-state index in [1.807, 2.05) is 6.92 Å². The van der Waals surface area contributed by atoms with Crippen LogP contribution in [0.5, 0.6) is 0 Å². The largest absolute Gasteiger partial charge is 0.383 e. The van der Waals surface area contributed by atoms with Crippen LogP contribution in [0, 0.1) is 6.92 Å². The highest BCUT2D eigenvalue weighted by molar-refractivity contribution is 5.45. The third-order valence-corrected chi connectivity index (χ3v) is 2.27. The Hall–Kier alpha value is -1.28. The molecule has 1 aromatic carbocycles. The zero-order chi connectivity index (χ0) is 11.8. The fraction of sp³-hybridized carbons (Fsp3) is 0.429. The molecule has 0 unspecified atom stereocenters. The number of aryl methyl sites for hydroxylation is 1. The SMILES string of the molecule is C=C(C)CCOCCNc1cccc(C)c1. The van der Waals surface area contributed by atoms with Gasteiger partial charge in [0.05, 0.1) is 13.2 Å². The molecule has 0 amide bonds. The molecule has 88 valence electrons. The molecule has 0 saturated heterocycles. The molecule has 0 spiro atoms. The van der Waals surface area contributed by atoms with Crippen molar-refractivity contribution in [3.63, 3.8) is 0 Å². The Morgan fingerprint density at radius 1 is 1.38 bits per heavy atom. The predicted molar refractivity (Wildman–Crippen MR) is 69.9 cm³/mol. The monoisotopic (exact) mass is 219 g/mol. The maximum absolute atomic E-state index is 5.47. The number of hydrogen-bond donors (Lipinski definition) is 1. The lowest BCUT2D eigenvalue weighted by Crippen LogP contribution is -2.10. The standard InChI is InChI=1S/C14H21NO/c1-12(2)7-9-16-10-8-15-14-6-4-5-13(3)11-14/h4-6,11,15H,1,7-10H2,2-3H3. The van der Waals surface area contributed by atoms with E-state index in [4.69, 9.17) is 4.74 Å². The predicted octanol–water partition coefficient (Wildman–Crippen LogP) is 3.39. The lowest BCUT2D eigenvalue weighted by molar-refractivity contribution is 0.147. The van der Waals surface area contributed by atoms with E-state index >= 15 is 0 Å². The summed E-state index contributed by atoms with van der Waals surface area (Å²) in [5.41, 5.74) is 3.60. The van der Waals surface area contributed by atoms with Gasteiger partial charge in [-0.15, -0.1) is 6.58 Å². The van der Waals surface area contributed by atoms with Gasteiger partial charge in [0.25, 0.3) is 0 Å². The van der Waals surface area contributed by atoms with Crippen LogP contribution < -0.4 is 5.32 Å². The van der Waals surface area contributed by atoms with Crippen LogP contribution in [0.25, 0.3) is 0 Å². The van der Waals surface area contributed by atoms with Crippen molar-refractivity contribution in [2.24, 2.45) is 0 Å². The zero-order valence-electron chi connectivity index (χ0n) is 10.3. The molecule has 0 radical (unpaired) electrons. The van der Waals surface area contributed by atoms with Crippen molar-refractivity contribution in [2.75, 3.05) is 25.1 Å². The maximum Gasteiger partial charge on any atom is 0.0639 e. The van der Waals surface area contributed by atoms with Gasteiger partial charge < -0.3 is 10.1 Å². The molecule has 0 aromatic heterocycles. The second-order valence-corrected chi connectivity index (χ2v) is 4.12. The number of anilines is 1. The summed E-state index contributed by atoms with van der Waals surface area (Å²) in [6, 6.07) is 8.35. The minimum Gasteiger partial charge on any atom is -0.383 e. The molecule has 1 aromatic rings. The van der Waals surface area contributed by atoms with E-state index in [0.29, 0.717) is 0 Å². The molecule has 0 heterocycles. The van der Waals surface area contributed by atoms with Crippen LogP contribution in [-0.4, -0.2) is 19.8 Å². The first-order valence-corrected chi connectivity index (χ1v) is 5.71. The first-order chi connectivity index (χ1) is 7.68. The molecule has 0 saturated carbocycles. The van der Waals surface area contributed by atoms with Crippen LogP contribution in [0.4, 0.5) is 5.69 Å². The number of hydrogen-bond acceptors (Lipinski definition) is 2. The average molecular weight is 219 g/mol. The zero-order valence-corrected chi connectivity index (χ0v) is 10.3. The third-order valence-electron chi connectivity index (χ3n) is 2.27. The topological polar surface area (TPSA) is 21.3 Å². The molecular formula is C14H21NO. The quantitative estimate of drug-likeness (QED) is 0.560. The van der Waals surface area contributed by atoms with Crippen LogP contribution in [0.2, 0.25) is 0 Å². The van der Waals surface area contributed by atoms with Gasteiger partial charge in [-0.25, -0.2) is 0 Å². The molecule has 2 heteroatoms. The number of benzene rings is 1. The Balaban J connectivity index is 2.09. The average Bonchev–Trinajstić information content (AvgIpc) is 2.23. The van der Waals surface area contributed by atoms with E-state index in [1.54, 1.807) is 0 Å². The van der Waals surface area contributed by atoms with Gasteiger partial charge in [-0.05, 0) is 38.0 Å². The Morgan fingerprint density at radius 2 is 2.19 bits per heavy atom. The van der Waals surface area contributed by atoms with E-state index < -0.39 is 0 Å². The van der Waals surface area contributed by atoms with Crippen LogP contribution in [0.3, 0.4) is 0 Å². The number of nitrogens with one attached hydrogen (secondary N) is 1. The molecule has 0 aliphatic heterocycles. The minimum absolute atomic E-state index is 0.737. The van der Waals surface area contributed by atoms with Gasteiger partial charge in [0, 0.05) is 12.2 Å². The molecule has 0 aliphatic carbocycles. The maximum atomic E-state index is 5.47. The molecule has 1 rings (SSSR count). The smallest absolute Gasteiger partial charge is 0.0639 e. The highest BCUT2D eigenvalue weighted by atomic mass is 16.5. The summed E-state index contributed by atoms with van der Waals surface area (Å²) in [5.74, 6) is 0. The molecule has 0 aliphatic rings. The van der Waals surface area contributed by atoms with E-state index in [0.717, 1.165) is 31.9 Å². The summed E-state index contributed by atoms with van der Waals surface area (Å²) >= 11 is 0. The Labute approximate surface area is 98.3 Å². The second-order valence-electron chi connectivity index (χ2n) is 4.12. The van der Waals surface area contributed by atoms with Gasteiger partial charge in [0.1, 0.15) is 0 Å². The molecule has 1 N–H and O–H groups in total.